The van der Waals surface area contributed by atoms with Crippen LogP contribution >= 0.6 is 27.5 Å². The van der Waals surface area contributed by atoms with Gasteiger partial charge in [-0.15, -0.1) is 0 Å². The maximum absolute atomic E-state index is 14.2. The van der Waals surface area contributed by atoms with E-state index in [4.69, 9.17) is 11.6 Å². The van der Waals surface area contributed by atoms with Crippen LogP contribution in [0.5, 0.6) is 0 Å². The molecule has 0 atom stereocenters. The van der Waals surface area contributed by atoms with Crippen molar-refractivity contribution in [3.05, 3.63) is 68.7 Å². The smallest absolute Gasteiger partial charge is 0.143 e. The monoisotopic (exact) mass is 371 g/mol. The quantitative estimate of drug-likeness (QED) is 0.784. The van der Waals surface area contributed by atoms with Crippen molar-refractivity contribution in [3.8, 4) is 0 Å². The Morgan fingerprint density at radius 3 is 2.48 bits per heavy atom. The molecule has 110 valence electrons. The maximum Gasteiger partial charge on any atom is 0.143 e. The van der Waals surface area contributed by atoms with Gasteiger partial charge in [0.1, 0.15) is 11.6 Å². The highest BCUT2D eigenvalue weighted by Crippen LogP contribution is 2.38. The molecule has 1 saturated heterocycles. The molecule has 5 heteroatoms. The first-order valence-corrected chi connectivity index (χ1v) is 7.79. The molecule has 0 unspecified atom stereocenters. The summed E-state index contributed by atoms with van der Waals surface area (Å²) in [6, 6.07) is 10.2. The fourth-order valence-electron chi connectivity index (χ4n) is 2.80. The van der Waals surface area contributed by atoms with Crippen molar-refractivity contribution in [2.24, 2.45) is 0 Å². The zero-order chi connectivity index (χ0) is 15.0. The van der Waals surface area contributed by atoms with Gasteiger partial charge in [-0.05, 0) is 46.1 Å². The van der Waals surface area contributed by atoms with Crippen LogP contribution in [0, 0.1) is 11.6 Å². The SMILES string of the molecule is Fc1ccc(Br)c(F)c1CC1(c2ccccc2Cl)CNC1. The Morgan fingerprint density at radius 1 is 1.14 bits per heavy atom. The molecule has 1 N–H and O–H groups in total. The average Bonchev–Trinajstić information content (AvgIpc) is 2.43. The Labute approximate surface area is 135 Å². The highest BCUT2D eigenvalue weighted by Gasteiger charge is 2.41. The second-order valence-electron chi connectivity index (χ2n) is 5.36. The second-order valence-corrected chi connectivity index (χ2v) is 6.62. The first-order chi connectivity index (χ1) is 10.0. The van der Waals surface area contributed by atoms with Gasteiger partial charge in [0, 0.05) is 29.1 Å². The predicted molar refractivity (Wildman–Crippen MR) is 83.8 cm³/mol. The number of nitrogens with one attached hydrogen (secondary N) is 1. The first kappa shape index (κ1) is 14.9. The number of rotatable bonds is 3. The molecule has 2 aromatic carbocycles. The van der Waals surface area contributed by atoms with E-state index in [9.17, 15) is 8.78 Å². The van der Waals surface area contributed by atoms with E-state index < -0.39 is 11.6 Å². The summed E-state index contributed by atoms with van der Waals surface area (Å²) in [5, 5.41) is 3.82. The molecule has 2 aromatic rings. The predicted octanol–water partition coefficient (Wildman–Crippen LogP) is 4.46. The molecular weight excluding hydrogens is 360 g/mol. The molecule has 0 amide bonds. The van der Waals surface area contributed by atoms with Crippen LogP contribution in [0.25, 0.3) is 0 Å². The summed E-state index contributed by atoms with van der Waals surface area (Å²) in [6.07, 6.45) is 0.279. The molecular formula is C16H13BrClF2N. The van der Waals surface area contributed by atoms with Gasteiger partial charge in [0.25, 0.3) is 0 Å². The molecule has 1 aliphatic rings. The molecule has 1 fully saturated rings. The van der Waals surface area contributed by atoms with E-state index in [2.05, 4.69) is 21.2 Å². The lowest BCUT2D eigenvalue weighted by Gasteiger charge is -2.44. The Morgan fingerprint density at radius 2 is 1.86 bits per heavy atom. The van der Waals surface area contributed by atoms with E-state index in [1.807, 2.05) is 24.3 Å². The zero-order valence-corrected chi connectivity index (χ0v) is 13.4. The summed E-state index contributed by atoms with van der Waals surface area (Å²) in [4.78, 5) is 0. The highest BCUT2D eigenvalue weighted by atomic mass is 79.9. The molecule has 0 aromatic heterocycles. The van der Waals surface area contributed by atoms with Crippen LogP contribution < -0.4 is 5.32 Å². The summed E-state index contributed by atoms with van der Waals surface area (Å²) >= 11 is 9.39. The maximum atomic E-state index is 14.2. The minimum absolute atomic E-state index is 0.103. The van der Waals surface area contributed by atoms with Crippen molar-refractivity contribution in [1.82, 2.24) is 5.32 Å². The Hall–Kier alpha value is -0.970. The molecule has 1 aliphatic heterocycles. The van der Waals surface area contributed by atoms with Crippen molar-refractivity contribution in [3.63, 3.8) is 0 Å². The van der Waals surface area contributed by atoms with Crippen LogP contribution in [-0.4, -0.2) is 13.1 Å². The van der Waals surface area contributed by atoms with Gasteiger partial charge in [-0.25, -0.2) is 8.78 Å². The second kappa shape index (κ2) is 5.67. The summed E-state index contributed by atoms with van der Waals surface area (Å²) < 4.78 is 28.5. The van der Waals surface area contributed by atoms with Gasteiger partial charge < -0.3 is 5.32 Å². The van der Waals surface area contributed by atoms with Crippen molar-refractivity contribution in [2.45, 2.75) is 11.8 Å². The van der Waals surface area contributed by atoms with E-state index in [1.165, 1.54) is 12.1 Å². The lowest BCUT2D eigenvalue weighted by atomic mass is 9.71. The summed E-state index contributed by atoms with van der Waals surface area (Å²) in [5.41, 5.74) is 0.677. The lowest BCUT2D eigenvalue weighted by molar-refractivity contribution is 0.269. The van der Waals surface area contributed by atoms with Crippen molar-refractivity contribution >= 4 is 27.5 Å². The van der Waals surface area contributed by atoms with E-state index in [0.29, 0.717) is 18.1 Å². The summed E-state index contributed by atoms with van der Waals surface area (Å²) in [7, 11) is 0. The number of benzene rings is 2. The van der Waals surface area contributed by atoms with E-state index in [0.717, 1.165) is 5.56 Å². The van der Waals surface area contributed by atoms with E-state index in [1.54, 1.807) is 0 Å². The molecule has 0 radical (unpaired) electrons. The normalized spacial score (nSPS) is 16.6. The Bertz CT molecular complexity index is 686. The minimum Gasteiger partial charge on any atom is -0.315 e. The molecule has 3 rings (SSSR count). The van der Waals surface area contributed by atoms with Gasteiger partial charge in [0.15, 0.2) is 0 Å². The van der Waals surface area contributed by atoms with Crippen molar-refractivity contribution in [2.75, 3.05) is 13.1 Å². The largest absolute Gasteiger partial charge is 0.315 e. The fourth-order valence-corrected chi connectivity index (χ4v) is 3.51. The van der Waals surface area contributed by atoms with Crippen LogP contribution in [0.3, 0.4) is 0 Å². The highest BCUT2D eigenvalue weighted by molar-refractivity contribution is 9.10. The molecule has 21 heavy (non-hydrogen) atoms. The molecule has 0 saturated carbocycles. The Kier molecular flexibility index (Phi) is 4.04. The molecule has 1 nitrogen and oxygen atoms in total. The first-order valence-electron chi connectivity index (χ1n) is 6.62. The van der Waals surface area contributed by atoms with E-state index >= 15 is 0 Å². The number of halogens is 4. The van der Waals surface area contributed by atoms with Crippen LogP contribution in [0.2, 0.25) is 5.02 Å². The van der Waals surface area contributed by atoms with Gasteiger partial charge >= 0.3 is 0 Å². The van der Waals surface area contributed by atoms with Crippen LogP contribution in [-0.2, 0) is 11.8 Å². The standard InChI is InChI=1S/C16H13BrClF2N/c17-12-5-6-14(19)10(15(12)20)7-16(8-21-9-16)11-3-1-2-4-13(11)18/h1-6,21H,7-9H2. The van der Waals surface area contributed by atoms with Gasteiger partial charge in [0.2, 0.25) is 0 Å². The third kappa shape index (κ3) is 2.60. The molecule has 1 heterocycles. The zero-order valence-electron chi connectivity index (χ0n) is 11.1. The van der Waals surface area contributed by atoms with Crippen LogP contribution in [0.1, 0.15) is 11.1 Å². The van der Waals surface area contributed by atoms with Crippen molar-refractivity contribution < 1.29 is 8.78 Å². The third-order valence-electron chi connectivity index (χ3n) is 4.03. The molecule has 0 aliphatic carbocycles. The Balaban J connectivity index is 2.03. The van der Waals surface area contributed by atoms with Crippen LogP contribution in [0.4, 0.5) is 8.78 Å². The van der Waals surface area contributed by atoms with Crippen molar-refractivity contribution in [1.29, 1.82) is 0 Å². The molecule has 0 bridgehead atoms. The van der Waals surface area contributed by atoms with Gasteiger partial charge in [-0.1, -0.05) is 29.8 Å². The number of hydrogen-bond acceptors (Lipinski definition) is 1. The van der Waals surface area contributed by atoms with Gasteiger partial charge in [0.05, 0.1) is 4.47 Å². The van der Waals surface area contributed by atoms with Gasteiger partial charge in [-0.2, -0.15) is 0 Å². The lowest BCUT2D eigenvalue weighted by Crippen LogP contribution is -2.58. The average molecular weight is 373 g/mol. The third-order valence-corrected chi connectivity index (χ3v) is 4.97. The fraction of sp³-hybridized carbons (Fsp3) is 0.250. The number of hydrogen-bond donors (Lipinski definition) is 1. The summed E-state index contributed by atoms with van der Waals surface area (Å²) in [5.74, 6) is -1.05. The van der Waals surface area contributed by atoms with E-state index in [-0.39, 0.29) is 21.9 Å². The van der Waals surface area contributed by atoms with Gasteiger partial charge in [-0.3, -0.25) is 0 Å². The minimum atomic E-state index is -0.534. The summed E-state index contributed by atoms with van der Waals surface area (Å²) in [6.45, 7) is 1.31. The molecule has 0 spiro atoms. The van der Waals surface area contributed by atoms with Crippen LogP contribution in [0.15, 0.2) is 40.9 Å². The topological polar surface area (TPSA) is 12.0 Å².